The lowest BCUT2D eigenvalue weighted by atomic mass is 9.79. The van der Waals surface area contributed by atoms with Crippen molar-refractivity contribution in [2.24, 2.45) is 5.41 Å². The van der Waals surface area contributed by atoms with Gasteiger partial charge in [-0.1, -0.05) is 32.9 Å². The number of carbonyl (C=O) groups excluding carboxylic acids is 1. The van der Waals surface area contributed by atoms with E-state index in [9.17, 15) is 9.18 Å². The van der Waals surface area contributed by atoms with Gasteiger partial charge in [0.05, 0.1) is 0 Å². The number of carbonyl (C=O) groups is 3. The Morgan fingerprint density at radius 1 is 1.08 bits per heavy atom. The van der Waals surface area contributed by atoms with Gasteiger partial charge in [-0.05, 0) is 44.6 Å². The van der Waals surface area contributed by atoms with Crippen LogP contribution in [-0.4, -0.2) is 53.0 Å². The van der Waals surface area contributed by atoms with Crippen LogP contribution in [0.5, 0.6) is 0 Å². The van der Waals surface area contributed by atoms with Gasteiger partial charge in [0.25, 0.3) is 0 Å². The molecule has 146 valence electrons. The monoisotopic (exact) mass is 369 g/mol. The summed E-state index contributed by atoms with van der Waals surface area (Å²) in [5.41, 5.74) is 0.587. The molecule has 0 spiro atoms. The minimum atomic E-state index is -1.82. The summed E-state index contributed by atoms with van der Waals surface area (Å²) in [6, 6.07) is 6.70. The molecule has 0 aliphatic carbocycles. The Labute approximate surface area is 153 Å². The first-order valence-corrected chi connectivity index (χ1v) is 8.31. The number of ketones is 1. The van der Waals surface area contributed by atoms with E-state index < -0.39 is 17.4 Å². The van der Waals surface area contributed by atoms with Gasteiger partial charge in [-0.15, -0.1) is 0 Å². The first kappa shape index (κ1) is 23.7. The fourth-order valence-electron chi connectivity index (χ4n) is 2.39. The van der Waals surface area contributed by atoms with Gasteiger partial charge in [0.2, 0.25) is 0 Å². The summed E-state index contributed by atoms with van der Waals surface area (Å²) in [6.07, 6.45) is 2.18. The van der Waals surface area contributed by atoms with E-state index in [-0.39, 0.29) is 17.6 Å². The number of aliphatic carboxylic acids is 2. The second kappa shape index (κ2) is 10.7. The van der Waals surface area contributed by atoms with E-state index >= 15 is 0 Å². The number of benzene rings is 1. The molecule has 1 atom stereocenters. The number of hydrogen-bond acceptors (Lipinski definition) is 4. The van der Waals surface area contributed by atoms with E-state index in [4.69, 9.17) is 19.8 Å². The van der Waals surface area contributed by atoms with Crippen molar-refractivity contribution in [3.8, 4) is 0 Å². The lowest BCUT2D eigenvalue weighted by molar-refractivity contribution is -0.159. The maximum Gasteiger partial charge on any atom is 0.414 e. The number of halogens is 1. The van der Waals surface area contributed by atoms with Crippen molar-refractivity contribution >= 4 is 17.7 Å². The Balaban J connectivity index is 0.000000896. The molecule has 0 fully saturated rings. The first-order chi connectivity index (χ1) is 11.9. The Kier molecular flexibility index (Phi) is 9.72. The molecule has 1 aromatic rings. The van der Waals surface area contributed by atoms with Crippen LogP contribution in [0, 0.1) is 11.2 Å². The second-order valence-corrected chi connectivity index (χ2v) is 6.95. The van der Waals surface area contributed by atoms with E-state index in [1.165, 1.54) is 12.1 Å². The Bertz CT molecular complexity index is 599. The zero-order valence-electron chi connectivity index (χ0n) is 16.0. The lowest BCUT2D eigenvalue weighted by Crippen LogP contribution is -2.35. The maximum atomic E-state index is 12.9. The van der Waals surface area contributed by atoms with Crippen LogP contribution in [0.25, 0.3) is 0 Å². The molecular weight excluding hydrogens is 341 g/mol. The largest absolute Gasteiger partial charge is 0.473 e. The van der Waals surface area contributed by atoms with Gasteiger partial charge in [-0.2, -0.15) is 0 Å². The van der Waals surface area contributed by atoms with Crippen molar-refractivity contribution in [2.75, 3.05) is 14.1 Å². The van der Waals surface area contributed by atoms with Crippen molar-refractivity contribution in [3.05, 3.63) is 35.6 Å². The fourth-order valence-corrected chi connectivity index (χ4v) is 2.39. The average molecular weight is 369 g/mol. The van der Waals surface area contributed by atoms with Crippen LogP contribution < -0.4 is 0 Å². The minimum Gasteiger partial charge on any atom is -0.473 e. The van der Waals surface area contributed by atoms with Crippen LogP contribution in [0.4, 0.5) is 4.39 Å². The van der Waals surface area contributed by atoms with Gasteiger partial charge in [0.1, 0.15) is 11.6 Å². The van der Waals surface area contributed by atoms with Crippen molar-refractivity contribution in [1.29, 1.82) is 0 Å². The normalized spacial score (nSPS) is 12.1. The summed E-state index contributed by atoms with van der Waals surface area (Å²) in [6.45, 7) is 6.05. The molecule has 26 heavy (non-hydrogen) atoms. The van der Waals surface area contributed by atoms with E-state index in [2.05, 4.69) is 11.8 Å². The maximum absolute atomic E-state index is 12.9. The molecule has 0 aromatic heterocycles. The summed E-state index contributed by atoms with van der Waals surface area (Å²) >= 11 is 0. The van der Waals surface area contributed by atoms with Gasteiger partial charge >= 0.3 is 11.9 Å². The molecule has 6 nitrogen and oxygen atoms in total. The topological polar surface area (TPSA) is 94.9 Å². The van der Waals surface area contributed by atoms with Crippen LogP contribution >= 0.6 is 0 Å². The molecule has 0 heterocycles. The summed E-state index contributed by atoms with van der Waals surface area (Å²) in [5, 5.41) is 14.8. The van der Waals surface area contributed by atoms with Crippen LogP contribution in [0.15, 0.2) is 24.3 Å². The second-order valence-electron chi connectivity index (χ2n) is 6.95. The van der Waals surface area contributed by atoms with Crippen LogP contribution in [0.1, 0.15) is 39.2 Å². The van der Waals surface area contributed by atoms with Crippen LogP contribution in [0.3, 0.4) is 0 Å². The average Bonchev–Trinajstić information content (AvgIpc) is 2.54. The zero-order valence-corrected chi connectivity index (χ0v) is 16.0. The number of hydrogen-bond donors (Lipinski definition) is 2. The van der Waals surface area contributed by atoms with Crippen molar-refractivity contribution in [3.63, 3.8) is 0 Å². The van der Waals surface area contributed by atoms with E-state index in [0.717, 1.165) is 12.0 Å². The smallest absolute Gasteiger partial charge is 0.414 e. The third-order valence-corrected chi connectivity index (χ3v) is 4.12. The predicted molar refractivity (Wildman–Crippen MR) is 96.5 cm³/mol. The highest BCUT2D eigenvalue weighted by molar-refractivity contribution is 6.27. The van der Waals surface area contributed by atoms with Crippen LogP contribution in [-0.2, 0) is 20.8 Å². The molecule has 2 N–H and O–H groups in total. The minimum absolute atomic E-state index is 0.239. The number of Topliss-reactive ketones (excluding diaryl/α,β-unsaturated/α-hetero) is 1. The number of carboxylic acids is 2. The van der Waals surface area contributed by atoms with Crippen molar-refractivity contribution in [2.45, 2.75) is 46.1 Å². The first-order valence-electron chi connectivity index (χ1n) is 8.31. The van der Waals surface area contributed by atoms with Crippen LogP contribution in [0.2, 0.25) is 0 Å². The number of carboxylic acid groups (broad SMARTS) is 2. The van der Waals surface area contributed by atoms with E-state index in [1.54, 1.807) is 12.1 Å². The van der Waals surface area contributed by atoms with Gasteiger partial charge in [-0.25, -0.2) is 14.0 Å². The van der Waals surface area contributed by atoms with Gasteiger partial charge in [0.15, 0.2) is 0 Å². The van der Waals surface area contributed by atoms with E-state index in [1.807, 2.05) is 27.9 Å². The summed E-state index contributed by atoms with van der Waals surface area (Å²) < 4.78 is 12.9. The molecule has 0 aliphatic heterocycles. The van der Waals surface area contributed by atoms with Crippen molar-refractivity contribution in [1.82, 2.24) is 4.90 Å². The summed E-state index contributed by atoms with van der Waals surface area (Å²) in [5.74, 6) is -3.62. The summed E-state index contributed by atoms with van der Waals surface area (Å²) in [4.78, 5) is 32.8. The fraction of sp³-hybridized carbons (Fsp3) is 0.526. The molecule has 0 amide bonds. The van der Waals surface area contributed by atoms with Gasteiger partial charge in [0, 0.05) is 17.9 Å². The molecule has 1 unspecified atom stereocenters. The Morgan fingerprint density at radius 3 is 1.88 bits per heavy atom. The van der Waals surface area contributed by atoms with E-state index in [0.29, 0.717) is 12.8 Å². The van der Waals surface area contributed by atoms with Crippen molar-refractivity contribution < 1.29 is 29.0 Å². The third kappa shape index (κ3) is 8.71. The highest BCUT2D eigenvalue weighted by Crippen LogP contribution is 2.26. The van der Waals surface area contributed by atoms with Gasteiger partial charge < -0.3 is 15.1 Å². The molecule has 7 heteroatoms. The molecule has 0 aliphatic rings. The van der Waals surface area contributed by atoms with Gasteiger partial charge in [-0.3, -0.25) is 4.79 Å². The molecule has 0 radical (unpaired) electrons. The lowest BCUT2D eigenvalue weighted by Gasteiger charge is -2.28. The quantitative estimate of drug-likeness (QED) is 0.718. The highest BCUT2D eigenvalue weighted by atomic mass is 19.1. The molecule has 1 rings (SSSR count). The number of rotatable bonds is 7. The SMILES string of the molecule is CCC(CC(=O)C(C)(C)Cc1ccc(F)cc1)N(C)C.O=C(O)C(=O)O. The number of nitrogens with zero attached hydrogens (tertiary/aromatic N) is 1. The third-order valence-electron chi connectivity index (χ3n) is 4.12. The summed E-state index contributed by atoms with van der Waals surface area (Å²) in [7, 11) is 4.02. The molecule has 1 aromatic carbocycles. The standard InChI is InChI=1S/C17H26FNO.C2H2O4/c1-6-15(19(4)5)11-16(20)17(2,3)12-13-7-9-14(18)10-8-13;3-1(4)2(5)6/h7-10,15H,6,11-12H2,1-5H3;(H,3,4)(H,5,6). The Morgan fingerprint density at radius 2 is 1.54 bits per heavy atom. The zero-order chi connectivity index (χ0) is 20.5. The predicted octanol–water partition coefficient (Wildman–Crippen LogP) is 2.85. The molecule has 0 saturated carbocycles. The molecule has 0 saturated heterocycles. The molecule has 0 bridgehead atoms. The highest BCUT2D eigenvalue weighted by Gasteiger charge is 2.29. The molecular formula is C19H28FNO5. The Hall–Kier alpha value is -2.28.